The van der Waals surface area contributed by atoms with Gasteiger partial charge < -0.3 is 15.1 Å². The Morgan fingerprint density at radius 2 is 1.77 bits per heavy atom. The molecular formula is C25H33N5O. The summed E-state index contributed by atoms with van der Waals surface area (Å²) in [6.45, 7) is 14.4. The van der Waals surface area contributed by atoms with E-state index in [-0.39, 0.29) is 11.4 Å². The van der Waals surface area contributed by atoms with E-state index in [1.165, 1.54) is 22.3 Å². The number of hydrogen-bond acceptors (Lipinski definition) is 4. The zero-order chi connectivity index (χ0) is 22.6. The predicted octanol–water partition coefficient (Wildman–Crippen LogP) is 3.94. The lowest BCUT2D eigenvalue weighted by molar-refractivity contribution is 0.194. The normalized spacial score (nSPS) is 14.3. The number of pyridine rings is 1. The lowest BCUT2D eigenvalue weighted by Crippen LogP contribution is -2.52. The largest absolute Gasteiger partial charge is 0.353 e. The average Bonchev–Trinajstić information content (AvgIpc) is 2.75. The summed E-state index contributed by atoms with van der Waals surface area (Å²) in [6, 6.07) is 10.2. The maximum absolute atomic E-state index is 12.6. The molecule has 1 fully saturated rings. The lowest BCUT2D eigenvalue weighted by atomic mass is 9.83. The van der Waals surface area contributed by atoms with Crippen molar-refractivity contribution in [3.8, 4) is 6.07 Å². The van der Waals surface area contributed by atoms with Crippen molar-refractivity contribution in [1.82, 2.24) is 15.2 Å². The van der Waals surface area contributed by atoms with E-state index in [2.05, 4.69) is 68.0 Å². The summed E-state index contributed by atoms with van der Waals surface area (Å²) in [6.07, 6.45) is 2.49. The first-order chi connectivity index (χ1) is 14.7. The summed E-state index contributed by atoms with van der Waals surface area (Å²) in [5.74, 6) is 0.795. The first kappa shape index (κ1) is 22.6. The number of rotatable bonds is 4. The number of aryl methyl sites for hydroxylation is 2. The molecule has 0 unspecified atom stereocenters. The van der Waals surface area contributed by atoms with Crippen LogP contribution in [0.25, 0.3) is 0 Å². The SMILES string of the molecule is Cc1cc(C(C)(C)C)cc(C)c1CCNC(=O)N1CCN(c2cc(C#N)ccn2)CC1. The standard InChI is InChI=1S/C25H33N5O/c1-18-14-21(25(3,4)5)15-19(2)22(18)7-9-28-24(31)30-12-10-29(11-13-30)23-16-20(17-26)6-8-27-23/h6,8,14-16H,7,9-13H2,1-5H3,(H,28,31). The molecule has 2 aromatic rings. The van der Waals surface area contributed by atoms with Gasteiger partial charge in [0.25, 0.3) is 0 Å². The molecule has 2 heterocycles. The summed E-state index contributed by atoms with van der Waals surface area (Å²) < 4.78 is 0. The number of urea groups is 1. The number of nitriles is 1. The third kappa shape index (κ3) is 5.55. The molecule has 1 aromatic heterocycles. The Labute approximate surface area is 185 Å². The Morgan fingerprint density at radius 3 is 2.35 bits per heavy atom. The molecule has 1 aliphatic rings. The van der Waals surface area contributed by atoms with Crippen molar-refractivity contribution >= 4 is 11.8 Å². The van der Waals surface area contributed by atoms with E-state index in [1.54, 1.807) is 18.3 Å². The van der Waals surface area contributed by atoms with Gasteiger partial charge in [-0.3, -0.25) is 0 Å². The molecule has 0 spiro atoms. The summed E-state index contributed by atoms with van der Waals surface area (Å²) in [5, 5.41) is 12.1. The van der Waals surface area contributed by atoms with Gasteiger partial charge in [-0.1, -0.05) is 32.9 Å². The van der Waals surface area contributed by atoms with Crippen molar-refractivity contribution in [3.05, 3.63) is 58.3 Å². The van der Waals surface area contributed by atoms with Gasteiger partial charge in [0.2, 0.25) is 0 Å². The molecule has 1 aliphatic heterocycles. The highest BCUT2D eigenvalue weighted by Gasteiger charge is 2.22. The third-order valence-corrected chi connectivity index (χ3v) is 5.98. The van der Waals surface area contributed by atoms with Crippen LogP contribution in [0.15, 0.2) is 30.5 Å². The van der Waals surface area contributed by atoms with Crippen molar-refractivity contribution in [2.45, 2.75) is 46.5 Å². The van der Waals surface area contributed by atoms with E-state index in [1.807, 2.05) is 4.90 Å². The van der Waals surface area contributed by atoms with Crippen LogP contribution in [-0.2, 0) is 11.8 Å². The van der Waals surface area contributed by atoms with Gasteiger partial charge in [0.05, 0.1) is 11.6 Å². The molecule has 31 heavy (non-hydrogen) atoms. The smallest absolute Gasteiger partial charge is 0.317 e. The van der Waals surface area contributed by atoms with E-state index < -0.39 is 0 Å². The number of aromatic nitrogens is 1. The molecule has 0 saturated carbocycles. The molecule has 1 saturated heterocycles. The molecule has 164 valence electrons. The molecular weight excluding hydrogens is 386 g/mol. The molecule has 1 aromatic carbocycles. The molecule has 0 bridgehead atoms. The number of amides is 2. The van der Waals surface area contributed by atoms with E-state index in [4.69, 9.17) is 5.26 Å². The van der Waals surface area contributed by atoms with Crippen LogP contribution in [0.1, 0.15) is 48.6 Å². The molecule has 1 N–H and O–H groups in total. The molecule has 6 nitrogen and oxygen atoms in total. The highest BCUT2D eigenvalue weighted by Crippen LogP contribution is 2.27. The number of hydrogen-bond donors (Lipinski definition) is 1. The highest BCUT2D eigenvalue weighted by molar-refractivity contribution is 5.74. The molecule has 0 radical (unpaired) electrons. The van der Waals surface area contributed by atoms with Gasteiger partial charge >= 0.3 is 6.03 Å². The van der Waals surface area contributed by atoms with Gasteiger partial charge in [-0.25, -0.2) is 9.78 Å². The first-order valence-corrected chi connectivity index (χ1v) is 10.9. The van der Waals surface area contributed by atoms with Crippen molar-refractivity contribution < 1.29 is 4.79 Å². The Balaban J connectivity index is 1.51. The number of carbonyl (C=O) groups is 1. The number of benzene rings is 1. The number of nitrogens with one attached hydrogen (secondary N) is 1. The van der Waals surface area contributed by atoms with E-state index in [0.29, 0.717) is 38.3 Å². The van der Waals surface area contributed by atoms with Gasteiger partial charge in [0.15, 0.2) is 0 Å². The Kier molecular flexibility index (Phi) is 6.84. The maximum Gasteiger partial charge on any atom is 0.317 e. The van der Waals surface area contributed by atoms with E-state index in [9.17, 15) is 4.79 Å². The van der Waals surface area contributed by atoms with Crippen molar-refractivity contribution in [2.24, 2.45) is 0 Å². The fourth-order valence-corrected chi connectivity index (χ4v) is 4.03. The summed E-state index contributed by atoms with van der Waals surface area (Å²) in [7, 11) is 0. The van der Waals surface area contributed by atoms with Crippen LogP contribution in [0.2, 0.25) is 0 Å². The predicted molar refractivity (Wildman–Crippen MR) is 124 cm³/mol. The van der Waals surface area contributed by atoms with Crippen molar-refractivity contribution in [2.75, 3.05) is 37.6 Å². The highest BCUT2D eigenvalue weighted by atomic mass is 16.2. The topological polar surface area (TPSA) is 72.3 Å². The maximum atomic E-state index is 12.6. The number of piperazine rings is 1. The summed E-state index contributed by atoms with van der Waals surface area (Å²) >= 11 is 0. The fourth-order valence-electron chi connectivity index (χ4n) is 4.03. The molecule has 2 amide bonds. The van der Waals surface area contributed by atoms with Crippen molar-refractivity contribution in [1.29, 1.82) is 5.26 Å². The summed E-state index contributed by atoms with van der Waals surface area (Å²) in [5.41, 5.74) is 5.99. The lowest BCUT2D eigenvalue weighted by Gasteiger charge is -2.35. The second kappa shape index (κ2) is 9.38. The third-order valence-electron chi connectivity index (χ3n) is 5.98. The molecule has 3 rings (SSSR count). The van der Waals surface area contributed by atoms with Crippen LogP contribution in [-0.4, -0.2) is 48.6 Å². The van der Waals surface area contributed by atoms with Gasteiger partial charge in [-0.05, 0) is 60.1 Å². The summed E-state index contributed by atoms with van der Waals surface area (Å²) in [4.78, 5) is 21.0. The molecule has 6 heteroatoms. The minimum Gasteiger partial charge on any atom is -0.353 e. The van der Waals surface area contributed by atoms with Crippen LogP contribution in [0.3, 0.4) is 0 Å². The van der Waals surface area contributed by atoms with Crippen LogP contribution >= 0.6 is 0 Å². The zero-order valence-corrected chi connectivity index (χ0v) is 19.3. The van der Waals surface area contributed by atoms with Crippen LogP contribution in [0.5, 0.6) is 0 Å². The minimum atomic E-state index is -0.0139. The van der Waals surface area contributed by atoms with Gasteiger partial charge in [-0.15, -0.1) is 0 Å². The van der Waals surface area contributed by atoms with E-state index >= 15 is 0 Å². The van der Waals surface area contributed by atoms with Crippen LogP contribution < -0.4 is 10.2 Å². The molecule has 0 aliphatic carbocycles. The fraction of sp³-hybridized carbons (Fsp3) is 0.480. The number of nitrogens with zero attached hydrogens (tertiary/aromatic N) is 4. The first-order valence-electron chi connectivity index (χ1n) is 10.9. The monoisotopic (exact) mass is 419 g/mol. The second-order valence-corrected chi connectivity index (χ2v) is 9.31. The van der Waals surface area contributed by atoms with Crippen molar-refractivity contribution in [3.63, 3.8) is 0 Å². The van der Waals surface area contributed by atoms with Gasteiger partial charge in [0, 0.05) is 38.9 Å². The zero-order valence-electron chi connectivity index (χ0n) is 19.3. The van der Waals surface area contributed by atoms with Gasteiger partial charge in [0.1, 0.15) is 5.82 Å². The van der Waals surface area contributed by atoms with E-state index in [0.717, 1.165) is 12.2 Å². The average molecular weight is 420 g/mol. The Bertz CT molecular complexity index is 955. The van der Waals surface area contributed by atoms with Crippen LogP contribution in [0, 0.1) is 25.2 Å². The number of anilines is 1. The Morgan fingerprint density at radius 1 is 1.13 bits per heavy atom. The Hall–Kier alpha value is -3.07. The quantitative estimate of drug-likeness (QED) is 0.815. The minimum absolute atomic E-state index is 0.0139. The van der Waals surface area contributed by atoms with Crippen LogP contribution in [0.4, 0.5) is 10.6 Å². The number of carbonyl (C=O) groups excluding carboxylic acids is 1. The van der Waals surface area contributed by atoms with Gasteiger partial charge in [-0.2, -0.15) is 5.26 Å². The molecule has 0 atom stereocenters. The second-order valence-electron chi connectivity index (χ2n) is 9.31.